The average Bonchev–Trinajstić information content (AvgIpc) is 3.06. The first-order valence-electron chi connectivity index (χ1n) is 6.28. The Hall–Kier alpha value is -1.85. The van der Waals surface area contributed by atoms with Crippen molar-refractivity contribution in [3.8, 4) is 0 Å². The Morgan fingerprint density at radius 2 is 2.40 bits per heavy atom. The van der Waals surface area contributed by atoms with E-state index in [1.807, 2.05) is 16.8 Å². The number of aliphatic hydroxyl groups is 1. The molecule has 2 aromatic heterocycles. The molecule has 0 saturated carbocycles. The molecular formula is C15H17NO3S. The largest absolute Gasteiger partial charge is 0.469 e. The molecule has 20 heavy (non-hydrogen) atoms. The Bertz CT molecular complexity index is 556. The normalized spacial score (nSPS) is 14.3. The highest BCUT2D eigenvalue weighted by atomic mass is 32.1. The van der Waals surface area contributed by atoms with Gasteiger partial charge in [-0.3, -0.25) is 4.79 Å². The van der Waals surface area contributed by atoms with Gasteiger partial charge in [0.15, 0.2) is 0 Å². The fourth-order valence-electron chi connectivity index (χ4n) is 1.73. The molecule has 2 rings (SSSR count). The van der Waals surface area contributed by atoms with E-state index in [0.717, 1.165) is 5.56 Å². The van der Waals surface area contributed by atoms with Crippen molar-refractivity contribution in [2.24, 2.45) is 0 Å². The van der Waals surface area contributed by atoms with E-state index in [1.165, 1.54) is 6.08 Å². The Balaban J connectivity index is 1.80. The quantitative estimate of drug-likeness (QED) is 0.804. The van der Waals surface area contributed by atoms with Crippen molar-refractivity contribution >= 4 is 23.3 Å². The lowest BCUT2D eigenvalue weighted by atomic mass is 10.0. The van der Waals surface area contributed by atoms with Gasteiger partial charge in [-0.25, -0.2) is 0 Å². The van der Waals surface area contributed by atoms with Gasteiger partial charge in [0, 0.05) is 19.0 Å². The summed E-state index contributed by atoms with van der Waals surface area (Å²) in [5.74, 6) is 0.467. The van der Waals surface area contributed by atoms with Crippen LogP contribution in [0.1, 0.15) is 18.2 Å². The van der Waals surface area contributed by atoms with E-state index in [-0.39, 0.29) is 12.5 Å². The van der Waals surface area contributed by atoms with Gasteiger partial charge in [-0.05, 0) is 47.5 Å². The molecule has 1 atom stereocenters. The van der Waals surface area contributed by atoms with Crippen molar-refractivity contribution in [3.05, 3.63) is 52.6 Å². The number of carbonyl (C=O) groups excluding carboxylic acids is 1. The molecule has 4 nitrogen and oxygen atoms in total. The molecule has 5 heteroatoms. The third-order valence-corrected chi connectivity index (χ3v) is 3.45. The van der Waals surface area contributed by atoms with Gasteiger partial charge < -0.3 is 14.8 Å². The lowest BCUT2D eigenvalue weighted by molar-refractivity contribution is -0.117. The minimum atomic E-state index is -1.04. The Kier molecular flexibility index (Phi) is 4.76. The van der Waals surface area contributed by atoms with Crippen LogP contribution in [0.15, 0.2) is 45.7 Å². The van der Waals surface area contributed by atoms with Crippen molar-refractivity contribution in [1.29, 1.82) is 0 Å². The Morgan fingerprint density at radius 1 is 1.55 bits per heavy atom. The van der Waals surface area contributed by atoms with Gasteiger partial charge in [0.05, 0.1) is 11.9 Å². The van der Waals surface area contributed by atoms with E-state index in [4.69, 9.17) is 4.42 Å². The number of rotatable bonds is 6. The summed E-state index contributed by atoms with van der Waals surface area (Å²) < 4.78 is 5.19. The van der Waals surface area contributed by atoms with Crippen LogP contribution in [0.4, 0.5) is 0 Å². The molecular weight excluding hydrogens is 274 g/mol. The predicted octanol–water partition coefficient (Wildman–Crippen LogP) is 2.46. The van der Waals surface area contributed by atoms with Gasteiger partial charge in [-0.1, -0.05) is 0 Å². The van der Waals surface area contributed by atoms with E-state index in [2.05, 4.69) is 5.32 Å². The molecule has 0 bridgehead atoms. The van der Waals surface area contributed by atoms with Crippen LogP contribution < -0.4 is 5.32 Å². The van der Waals surface area contributed by atoms with E-state index < -0.39 is 5.60 Å². The van der Waals surface area contributed by atoms with Crippen molar-refractivity contribution < 1.29 is 14.3 Å². The number of furan rings is 1. The molecule has 0 spiro atoms. The van der Waals surface area contributed by atoms with Crippen LogP contribution in [0.3, 0.4) is 0 Å². The van der Waals surface area contributed by atoms with Crippen LogP contribution >= 0.6 is 11.3 Å². The molecule has 0 saturated heterocycles. The molecule has 2 N–H and O–H groups in total. The van der Waals surface area contributed by atoms with Crippen molar-refractivity contribution in [3.63, 3.8) is 0 Å². The highest BCUT2D eigenvalue weighted by Crippen LogP contribution is 2.12. The smallest absolute Gasteiger partial charge is 0.244 e. The van der Waals surface area contributed by atoms with E-state index in [0.29, 0.717) is 12.2 Å². The highest BCUT2D eigenvalue weighted by molar-refractivity contribution is 7.08. The van der Waals surface area contributed by atoms with Gasteiger partial charge in [0.1, 0.15) is 5.76 Å². The maximum atomic E-state index is 11.7. The monoisotopic (exact) mass is 291 g/mol. The third kappa shape index (κ3) is 4.68. The van der Waals surface area contributed by atoms with Gasteiger partial charge >= 0.3 is 0 Å². The first-order chi connectivity index (χ1) is 9.55. The van der Waals surface area contributed by atoms with Crippen LogP contribution in [-0.2, 0) is 11.2 Å². The molecule has 2 aromatic rings. The fraction of sp³-hybridized carbons (Fsp3) is 0.267. The second kappa shape index (κ2) is 6.54. The second-order valence-electron chi connectivity index (χ2n) is 4.86. The minimum absolute atomic E-state index is 0.167. The molecule has 0 fully saturated rings. The van der Waals surface area contributed by atoms with Crippen LogP contribution in [0.2, 0.25) is 0 Å². The molecule has 0 radical (unpaired) electrons. The number of nitrogens with one attached hydrogen (secondary N) is 1. The second-order valence-corrected chi connectivity index (χ2v) is 5.64. The summed E-state index contributed by atoms with van der Waals surface area (Å²) in [7, 11) is 0. The molecule has 0 unspecified atom stereocenters. The maximum Gasteiger partial charge on any atom is 0.244 e. The first-order valence-corrected chi connectivity index (χ1v) is 7.22. The lowest BCUT2D eigenvalue weighted by Gasteiger charge is -2.22. The zero-order valence-electron chi connectivity index (χ0n) is 11.2. The zero-order valence-corrected chi connectivity index (χ0v) is 12.0. The van der Waals surface area contributed by atoms with Crippen molar-refractivity contribution in [2.45, 2.75) is 18.9 Å². The lowest BCUT2D eigenvalue weighted by Crippen LogP contribution is -2.41. The molecule has 0 aliphatic carbocycles. The van der Waals surface area contributed by atoms with Crippen LogP contribution in [0.25, 0.3) is 6.08 Å². The summed E-state index contributed by atoms with van der Waals surface area (Å²) in [4.78, 5) is 11.7. The molecule has 0 aliphatic rings. The van der Waals surface area contributed by atoms with E-state index in [9.17, 15) is 9.90 Å². The number of hydrogen-bond acceptors (Lipinski definition) is 4. The SMILES string of the molecule is C[C@](O)(CNC(=O)/C=C/c1ccsc1)Cc1ccco1. The average molecular weight is 291 g/mol. The Morgan fingerprint density at radius 3 is 3.05 bits per heavy atom. The van der Waals surface area contributed by atoms with Gasteiger partial charge in [0.2, 0.25) is 5.91 Å². The van der Waals surface area contributed by atoms with Gasteiger partial charge in [-0.2, -0.15) is 11.3 Å². The number of amides is 1. The molecule has 2 heterocycles. The molecule has 106 valence electrons. The summed E-state index contributed by atoms with van der Waals surface area (Å²) in [5, 5.41) is 16.8. The highest BCUT2D eigenvalue weighted by Gasteiger charge is 2.22. The van der Waals surface area contributed by atoms with Gasteiger partial charge in [0.25, 0.3) is 0 Å². The van der Waals surface area contributed by atoms with Crippen LogP contribution in [0, 0.1) is 0 Å². The number of hydrogen-bond donors (Lipinski definition) is 2. The van der Waals surface area contributed by atoms with Crippen LogP contribution in [0.5, 0.6) is 0 Å². The summed E-state index contributed by atoms with van der Waals surface area (Å²) in [6.45, 7) is 1.83. The topological polar surface area (TPSA) is 62.5 Å². The minimum Gasteiger partial charge on any atom is -0.469 e. The van der Waals surface area contributed by atoms with E-state index >= 15 is 0 Å². The molecule has 0 aromatic carbocycles. The van der Waals surface area contributed by atoms with Crippen LogP contribution in [-0.4, -0.2) is 23.2 Å². The standard InChI is InChI=1S/C15H17NO3S/c1-15(18,9-13-3-2-7-19-13)11-16-14(17)5-4-12-6-8-20-10-12/h2-8,10,18H,9,11H2,1H3,(H,16,17)/b5-4+/t15-/m1/s1. The predicted molar refractivity (Wildman–Crippen MR) is 79.4 cm³/mol. The zero-order chi connectivity index (χ0) is 14.4. The maximum absolute atomic E-state index is 11.7. The van der Waals surface area contributed by atoms with E-state index in [1.54, 1.807) is 42.7 Å². The molecule has 1 amide bonds. The fourth-order valence-corrected chi connectivity index (χ4v) is 2.36. The summed E-state index contributed by atoms with van der Waals surface area (Å²) in [6.07, 6.45) is 5.13. The van der Waals surface area contributed by atoms with Crippen molar-refractivity contribution in [2.75, 3.05) is 6.54 Å². The van der Waals surface area contributed by atoms with Crippen molar-refractivity contribution in [1.82, 2.24) is 5.32 Å². The third-order valence-electron chi connectivity index (χ3n) is 2.75. The summed E-state index contributed by atoms with van der Waals surface area (Å²) in [6, 6.07) is 5.50. The summed E-state index contributed by atoms with van der Waals surface area (Å²) in [5.41, 5.74) is -0.0449. The summed E-state index contributed by atoms with van der Waals surface area (Å²) >= 11 is 1.58. The first kappa shape index (κ1) is 14.6. The number of thiophene rings is 1. The molecule has 0 aliphatic heterocycles. The Labute approximate surface area is 121 Å². The number of carbonyl (C=O) groups is 1. The van der Waals surface area contributed by atoms with Gasteiger partial charge in [-0.15, -0.1) is 0 Å².